The van der Waals surface area contributed by atoms with E-state index < -0.39 is 10.0 Å². The summed E-state index contributed by atoms with van der Waals surface area (Å²) < 4.78 is 32.3. The van der Waals surface area contributed by atoms with Gasteiger partial charge in [0.15, 0.2) is 0 Å². The molecule has 2 rings (SSSR count). The summed E-state index contributed by atoms with van der Waals surface area (Å²) in [7, 11) is -1.63. The quantitative estimate of drug-likeness (QED) is 0.818. The fraction of sp³-hybridized carbons (Fsp3) is 0.667. The second-order valence-electron chi connectivity index (χ2n) is 7.23. The lowest BCUT2D eigenvalue weighted by Gasteiger charge is -2.35. The van der Waals surface area contributed by atoms with E-state index in [2.05, 4.69) is 26.1 Å². The summed E-state index contributed by atoms with van der Waals surface area (Å²) in [5, 5.41) is 3.62. The van der Waals surface area contributed by atoms with Crippen molar-refractivity contribution < 1.29 is 13.2 Å². The highest BCUT2D eigenvalue weighted by molar-refractivity contribution is 7.89. The number of methoxy groups -OCH3 is 1. The third-order valence-electron chi connectivity index (χ3n) is 4.71. The molecule has 0 saturated carbocycles. The molecule has 24 heavy (non-hydrogen) atoms. The van der Waals surface area contributed by atoms with Crippen molar-refractivity contribution in [3.63, 3.8) is 0 Å². The predicted molar refractivity (Wildman–Crippen MR) is 96.5 cm³/mol. The van der Waals surface area contributed by atoms with Gasteiger partial charge >= 0.3 is 0 Å². The molecule has 0 aromatic heterocycles. The summed E-state index contributed by atoms with van der Waals surface area (Å²) in [5.74, 6) is 0. The first kappa shape index (κ1) is 19.4. The first-order valence-corrected chi connectivity index (χ1v) is 10.0. The van der Waals surface area contributed by atoms with E-state index in [0.29, 0.717) is 30.1 Å². The number of rotatable bonds is 7. The van der Waals surface area contributed by atoms with Gasteiger partial charge in [0, 0.05) is 32.3 Å². The number of nitrogens with zero attached hydrogens (tertiary/aromatic N) is 1. The molecule has 1 atom stereocenters. The van der Waals surface area contributed by atoms with Crippen molar-refractivity contribution >= 4 is 10.0 Å². The van der Waals surface area contributed by atoms with Crippen LogP contribution in [0.15, 0.2) is 35.2 Å². The molecule has 1 aliphatic heterocycles. The predicted octanol–water partition coefficient (Wildman–Crippen LogP) is 2.63. The van der Waals surface area contributed by atoms with Crippen LogP contribution in [0.2, 0.25) is 0 Å². The first-order valence-electron chi connectivity index (χ1n) is 8.61. The van der Waals surface area contributed by atoms with Gasteiger partial charge in [-0.3, -0.25) is 0 Å². The van der Waals surface area contributed by atoms with Crippen LogP contribution in [0, 0.1) is 0 Å². The summed E-state index contributed by atoms with van der Waals surface area (Å²) in [6.07, 6.45) is 2.60. The van der Waals surface area contributed by atoms with Gasteiger partial charge in [-0.1, -0.05) is 18.2 Å². The number of sulfonamides is 1. The van der Waals surface area contributed by atoms with Crippen LogP contribution in [-0.2, 0) is 14.8 Å². The van der Waals surface area contributed by atoms with E-state index in [1.165, 1.54) is 0 Å². The molecule has 1 aromatic rings. The maximum atomic E-state index is 12.6. The fourth-order valence-electron chi connectivity index (χ4n) is 3.29. The van der Waals surface area contributed by atoms with Gasteiger partial charge in [-0.25, -0.2) is 8.42 Å². The Kier molecular flexibility index (Phi) is 6.42. The van der Waals surface area contributed by atoms with Crippen molar-refractivity contribution in [3.05, 3.63) is 30.3 Å². The molecule has 1 aromatic carbocycles. The van der Waals surface area contributed by atoms with Crippen molar-refractivity contribution in [2.24, 2.45) is 0 Å². The molecule has 1 N–H and O–H groups in total. The Bertz CT molecular complexity index is 608. The molecular weight excluding hydrogens is 324 g/mol. The zero-order valence-corrected chi connectivity index (χ0v) is 16.0. The summed E-state index contributed by atoms with van der Waals surface area (Å²) >= 11 is 0. The molecule has 0 amide bonds. The monoisotopic (exact) mass is 354 g/mol. The average molecular weight is 355 g/mol. The lowest BCUT2D eigenvalue weighted by molar-refractivity contribution is 0.00720. The van der Waals surface area contributed by atoms with Crippen molar-refractivity contribution in [1.82, 2.24) is 9.62 Å². The van der Waals surface area contributed by atoms with E-state index in [0.717, 1.165) is 19.3 Å². The Hall–Kier alpha value is -0.950. The number of nitrogens with one attached hydrogen (secondary N) is 1. The van der Waals surface area contributed by atoms with Gasteiger partial charge < -0.3 is 10.1 Å². The van der Waals surface area contributed by atoms with Gasteiger partial charge in [0.1, 0.15) is 0 Å². The second-order valence-corrected chi connectivity index (χ2v) is 9.17. The minimum Gasteiger partial charge on any atom is -0.379 e. The molecular formula is C18H30N2O3S. The molecule has 136 valence electrons. The Balaban J connectivity index is 1.88. The molecule has 0 aliphatic carbocycles. The fourth-order valence-corrected chi connectivity index (χ4v) is 4.78. The second kappa shape index (κ2) is 7.95. The van der Waals surface area contributed by atoms with E-state index in [4.69, 9.17) is 4.74 Å². The van der Waals surface area contributed by atoms with Gasteiger partial charge in [0.05, 0.1) is 10.5 Å². The van der Waals surface area contributed by atoms with E-state index in [1.807, 2.05) is 6.07 Å². The molecule has 0 unspecified atom stereocenters. The van der Waals surface area contributed by atoms with E-state index in [1.54, 1.807) is 35.7 Å². The lowest BCUT2D eigenvalue weighted by Crippen LogP contribution is -2.48. The average Bonchev–Trinajstić information content (AvgIpc) is 2.55. The largest absolute Gasteiger partial charge is 0.379 e. The van der Waals surface area contributed by atoms with Crippen LogP contribution in [0.1, 0.15) is 40.0 Å². The smallest absolute Gasteiger partial charge is 0.243 e. The summed E-state index contributed by atoms with van der Waals surface area (Å²) in [4.78, 5) is 0.381. The zero-order valence-electron chi connectivity index (χ0n) is 15.2. The zero-order chi connectivity index (χ0) is 17.8. The molecule has 1 fully saturated rings. The minimum atomic E-state index is -3.36. The van der Waals surface area contributed by atoms with Crippen molar-refractivity contribution in [1.29, 1.82) is 0 Å². The van der Waals surface area contributed by atoms with Crippen LogP contribution in [0.4, 0.5) is 0 Å². The highest BCUT2D eigenvalue weighted by Crippen LogP contribution is 2.22. The number of hydrogen-bond donors (Lipinski definition) is 1. The summed E-state index contributed by atoms with van der Waals surface area (Å²) in [5.41, 5.74) is -0.149. The Morgan fingerprint density at radius 2 is 1.83 bits per heavy atom. The molecule has 5 nitrogen and oxygen atoms in total. The number of benzene rings is 1. The van der Waals surface area contributed by atoms with E-state index >= 15 is 0 Å². The number of piperidine rings is 1. The van der Waals surface area contributed by atoms with E-state index in [9.17, 15) is 8.42 Å². The molecule has 0 radical (unpaired) electrons. The van der Waals surface area contributed by atoms with Crippen molar-refractivity contribution in [3.8, 4) is 0 Å². The van der Waals surface area contributed by atoms with Gasteiger partial charge in [-0.05, 0) is 52.2 Å². The Morgan fingerprint density at radius 1 is 1.25 bits per heavy atom. The Morgan fingerprint density at radius 3 is 2.38 bits per heavy atom. The molecule has 0 spiro atoms. The maximum absolute atomic E-state index is 12.6. The maximum Gasteiger partial charge on any atom is 0.243 e. The van der Waals surface area contributed by atoms with Crippen LogP contribution >= 0.6 is 0 Å². The Labute approximate surface area is 146 Å². The highest BCUT2D eigenvalue weighted by atomic mass is 32.2. The SMILES string of the molecule is COC(C)(C)C[C@H](C)NC1CCN(S(=O)(=O)c2ccccc2)CC1. The topological polar surface area (TPSA) is 58.6 Å². The summed E-state index contributed by atoms with van der Waals surface area (Å²) in [6, 6.07) is 9.37. The van der Waals surface area contributed by atoms with Crippen LogP contribution in [0.3, 0.4) is 0 Å². The van der Waals surface area contributed by atoms with Crippen LogP contribution in [0.5, 0.6) is 0 Å². The number of hydrogen-bond acceptors (Lipinski definition) is 4. The van der Waals surface area contributed by atoms with Gasteiger partial charge in [-0.15, -0.1) is 0 Å². The highest BCUT2D eigenvalue weighted by Gasteiger charge is 2.30. The summed E-state index contributed by atoms with van der Waals surface area (Å²) in [6.45, 7) is 7.46. The minimum absolute atomic E-state index is 0.149. The van der Waals surface area contributed by atoms with Gasteiger partial charge in [-0.2, -0.15) is 4.31 Å². The first-order chi connectivity index (χ1) is 11.2. The third kappa shape index (κ3) is 5.02. The van der Waals surface area contributed by atoms with Gasteiger partial charge in [0.25, 0.3) is 0 Å². The number of ether oxygens (including phenoxy) is 1. The van der Waals surface area contributed by atoms with Crippen molar-refractivity contribution in [2.45, 2.75) is 62.6 Å². The molecule has 1 saturated heterocycles. The molecule has 1 aliphatic rings. The molecule has 1 heterocycles. The van der Waals surface area contributed by atoms with Crippen LogP contribution < -0.4 is 5.32 Å². The molecule has 0 bridgehead atoms. The van der Waals surface area contributed by atoms with Gasteiger partial charge in [0.2, 0.25) is 10.0 Å². The van der Waals surface area contributed by atoms with Crippen LogP contribution in [-0.4, -0.2) is 50.6 Å². The van der Waals surface area contributed by atoms with Crippen molar-refractivity contribution in [2.75, 3.05) is 20.2 Å². The van der Waals surface area contributed by atoms with Crippen LogP contribution in [0.25, 0.3) is 0 Å². The standard InChI is InChI=1S/C18H30N2O3S/c1-15(14-18(2,3)23-4)19-16-10-12-20(13-11-16)24(21,22)17-8-6-5-7-9-17/h5-9,15-16,19H,10-14H2,1-4H3/t15-/m0/s1. The van der Waals surface area contributed by atoms with E-state index in [-0.39, 0.29) is 5.60 Å². The lowest BCUT2D eigenvalue weighted by atomic mass is 9.98. The third-order valence-corrected chi connectivity index (χ3v) is 6.62. The molecule has 6 heteroatoms. The normalized spacial score (nSPS) is 19.3.